The van der Waals surface area contributed by atoms with Crippen molar-refractivity contribution in [2.75, 3.05) is 6.61 Å². The van der Waals surface area contributed by atoms with E-state index < -0.39 is 13.9 Å². The average Bonchev–Trinajstić information content (AvgIpc) is 3.46. The first-order chi connectivity index (χ1) is 16.5. The van der Waals surface area contributed by atoms with Crippen LogP contribution in [0.4, 0.5) is 4.39 Å². The van der Waals surface area contributed by atoms with Crippen molar-refractivity contribution in [3.63, 3.8) is 0 Å². The summed E-state index contributed by atoms with van der Waals surface area (Å²) in [4.78, 5) is 13.3. The molecule has 2 fully saturated rings. The van der Waals surface area contributed by atoms with Crippen molar-refractivity contribution in [2.24, 2.45) is 11.8 Å². The molecule has 35 heavy (non-hydrogen) atoms. The lowest BCUT2D eigenvalue weighted by Crippen LogP contribution is -2.44. The highest BCUT2D eigenvalue weighted by Crippen LogP contribution is 2.55. The average molecular weight is 497 g/mol. The molecule has 4 atom stereocenters. The van der Waals surface area contributed by atoms with Crippen LogP contribution in [0.15, 0.2) is 54.6 Å². The molecule has 2 aromatic carbocycles. The highest BCUT2D eigenvalue weighted by molar-refractivity contribution is 6.74. The number of esters is 1. The van der Waals surface area contributed by atoms with Gasteiger partial charge in [0.2, 0.25) is 0 Å². The van der Waals surface area contributed by atoms with Gasteiger partial charge in [-0.15, -0.1) is 0 Å². The maximum Gasteiger partial charge on any atom is 0.338 e. The Morgan fingerprint density at radius 3 is 2.37 bits per heavy atom. The molecule has 0 saturated heterocycles. The van der Waals surface area contributed by atoms with Crippen molar-refractivity contribution in [2.45, 2.75) is 88.9 Å². The largest absolute Gasteiger partial charge is 0.455 e. The fourth-order valence-electron chi connectivity index (χ4n) is 5.86. The molecule has 190 valence electrons. The van der Waals surface area contributed by atoms with E-state index in [2.05, 4.69) is 33.9 Å². The van der Waals surface area contributed by atoms with Crippen LogP contribution >= 0.6 is 0 Å². The van der Waals surface area contributed by atoms with Gasteiger partial charge in [-0.05, 0) is 98.3 Å². The summed E-state index contributed by atoms with van der Waals surface area (Å²) in [5.41, 5.74) is 1.11. The summed E-state index contributed by atoms with van der Waals surface area (Å²) in [7, 11) is -1.81. The van der Waals surface area contributed by atoms with Gasteiger partial charge in [0.05, 0.1) is 5.56 Å². The van der Waals surface area contributed by atoms with Crippen molar-refractivity contribution >= 4 is 14.3 Å². The second-order valence-electron chi connectivity index (χ2n) is 12.2. The third-order valence-corrected chi connectivity index (χ3v) is 13.4. The Morgan fingerprint density at radius 1 is 1.03 bits per heavy atom. The molecule has 0 bridgehead atoms. The Labute approximate surface area is 211 Å². The predicted octanol–water partition coefficient (Wildman–Crippen LogP) is 8.13. The van der Waals surface area contributed by atoms with E-state index in [9.17, 15) is 9.18 Å². The Kier molecular flexibility index (Phi) is 7.59. The topological polar surface area (TPSA) is 35.5 Å². The zero-order chi connectivity index (χ0) is 25.3. The SMILES string of the molecule is CC(C)(C)[Si](C)(C)OCC1CCC(C2(OC(=O)c3ccccc3)CCCC2c2ccc(F)cc2)C1. The second-order valence-corrected chi connectivity index (χ2v) is 17.0. The number of ether oxygens (including phenoxy) is 1. The Bertz CT molecular complexity index is 999. The van der Waals surface area contributed by atoms with Gasteiger partial charge in [-0.1, -0.05) is 51.1 Å². The molecule has 2 aliphatic rings. The second kappa shape index (κ2) is 10.2. The van der Waals surface area contributed by atoms with Gasteiger partial charge in [0.1, 0.15) is 11.4 Å². The first-order valence-corrected chi connectivity index (χ1v) is 16.1. The molecule has 2 aromatic rings. The van der Waals surface area contributed by atoms with Crippen LogP contribution in [0.5, 0.6) is 0 Å². The van der Waals surface area contributed by atoms with Crippen LogP contribution in [-0.2, 0) is 9.16 Å². The fourth-order valence-corrected chi connectivity index (χ4v) is 6.94. The van der Waals surface area contributed by atoms with Gasteiger partial charge < -0.3 is 9.16 Å². The van der Waals surface area contributed by atoms with Gasteiger partial charge in [0.25, 0.3) is 0 Å². The summed E-state index contributed by atoms with van der Waals surface area (Å²) in [6, 6.07) is 16.1. The highest BCUT2D eigenvalue weighted by atomic mass is 28.4. The molecular formula is C30H41FO3Si. The summed E-state index contributed by atoms with van der Waals surface area (Å²) in [6.45, 7) is 12.2. The van der Waals surface area contributed by atoms with Crippen LogP contribution in [-0.4, -0.2) is 26.5 Å². The predicted molar refractivity (Wildman–Crippen MR) is 142 cm³/mol. The van der Waals surface area contributed by atoms with E-state index in [-0.39, 0.29) is 28.7 Å². The molecule has 5 heteroatoms. The molecule has 0 radical (unpaired) electrons. The molecular weight excluding hydrogens is 455 g/mol. The van der Waals surface area contributed by atoms with Crippen molar-refractivity contribution in [1.82, 2.24) is 0 Å². The zero-order valence-electron chi connectivity index (χ0n) is 22.0. The molecule has 4 unspecified atom stereocenters. The number of hydrogen-bond acceptors (Lipinski definition) is 3. The van der Waals surface area contributed by atoms with Crippen LogP contribution < -0.4 is 0 Å². The number of benzene rings is 2. The monoisotopic (exact) mass is 496 g/mol. The quantitative estimate of drug-likeness (QED) is 0.287. The van der Waals surface area contributed by atoms with E-state index in [1.165, 1.54) is 12.1 Å². The molecule has 2 saturated carbocycles. The minimum Gasteiger partial charge on any atom is -0.455 e. The van der Waals surface area contributed by atoms with E-state index in [1.807, 2.05) is 42.5 Å². The summed E-state index contributed by atoms with van der Waals surface area (Å²) in [5, 5.41) is 0.191. The van der Waals surface area contributed by atoms with Crippen LogP contribution in [0.25, 0.3) is 0 Å². The third kappa shape index (κ3) is 5.56. The summed E-state index contributed by atoms with van der Waals surface area (Å²) in [6.07, 6.45) is 5.95. The summed E-state index contributed by atoms with van der Waals surface area (Å²) >= 11 is 0. The van der Waals surface area contributed by atoms with Gasteiger partial charge in [-0.2, -0.15) is 0 Å². The van der Waals surface area contributed by atoms with Gasteiger partial charge in [-0.25, -0.2) is 9.18 Å². The van der Waals surface area contributed by atoms with E-state index in [0.717, 1.165) is 50.7 Å². The zero-order valence-corrected chi connectivity index (χ0v) is 23.0. The lowest BCUT2D eigenvalue weighted by atomic mass is 9.74. The number of halogens is 1. The molecule has 0 amide bonds. The number of hydrogen-bond donors (Lipinski definition) is 0. The van der Waals surface area contributed by atoms with E-state index >= 15 is 0 Å². The van der Waals surface area contributed by atoms with E-state index in [4.69, 9.17) is 9.16 Å². The van der Waals surface area contributed by atoms with Gasteiger partial charge in [-0.3, -0.25) is 0 Å². The van der Waals surface area contributed by atoms with Crippen molar-refractivity contribution < 1.29 is 18.3 Å². The fraction of sp³-hybridized carbons (Fsp3) is 0.567. The van der Waals surface area contributed by atoms with Gasteiger partial charge in [0.15, 0.2) is 8.32 Å². The number of carbonyl (C=O) groups is 1. The first-order valence-electron chi connectivity index (χ1n) is 13.2. The standard InChI is InChI=1S/C30H41FO3Si/c1-29(2,3)35(4,5)33-21-22-13-16-25(20-22)30(34-28(32)24-10-7-6-8-11-24)19-9-12-27(30)23-14-17-26(31)18-15-23/h6-8,10-11,14-15,17-18,22,25,27H,9,12-13,16,19-21H2,1-5H3. The summed E-state index contributed by atoms with van der Waals surface area (Å²) < 4.78 is 26.9. The van der Waals surface area contributed by atoms with Gasteiger partial charge >= 0.3 is 5.97 Å². The molecule has 4 rings (SSSR count). The molecule has 3 nitrogen and oxygen atoms in total. The number of rotatable bonds is 7. The van der Waals surface area contributed by atoms with Crippen molar-refractivity contribution in [3.05, 3.63) is 71.5 Å². The molecule has 0 aliphatic heterocycles. The maximum absolute atomic E-state index is 13.7. The molecule has 0 N–H and O–H groups in total. The minimum absolute atomic E-state index is 0.0841. The lowest BCUT2D eigenvalue weighted by Gasteiger charge is -2.41. The maximum atomic E-state index is 13.7. The molecule has 0 spiro atoms. The smallest absolute Gasteiger partial charge is 0.338 e. The minimum atomic E-state index is -1.81. The van der Waals surface area contributed by atoms with Gasteiger partial charge in [0, 0.05) is 12.5 Å². The normalized spacial score (nSPS) is 27.2. The van der Waals surface area contributed by atoms with Crippen LogP contribution in [0.1, 0.15) is 81.1 Å². The van der Waals surface area contributed by atoms with Crippen LogP contribution in [0.3, 0.4) is 0 Å². The summed E-state index contributed by atoms with van der Waals surface area (Å²) in [5.74, 6) is 0.361. The first kappa shape index (κ1) is 26.1. The third-order valence-electron chi connectivity index (χ3n) is 8.93. The number of carbonyl (C=O) groups excluding carboxylic acids is 1. The Hall–Kier alpha value is -1.98. The Balaban J connectivity index is 1.58. The highest BCUT2D eigenvalue weighted by Gasteiger charge is 2.54. The van der Waals surface area contributed by atoms with E-state index in [0.29, 0.717) is 11.5 Å². The molecule has 0 aromatic heterocycles. The van der Waals surface area contributed by atoms with E-state index in [1.54, 1.807) is 0 Å². The van der Waals surface area contributed by atoms with Crippen LogP contribution in [0, 0.1) is 17.7 Å². The Morgan fingerprint density at radius 2 is 1.71 bits per heavy atom. The van der Waals surface area contributed by atoms with Crippen molar-refractivity contribution in [3.8, 4) is 0 Å². The lowest BCUT2D eigenvalue weighted by molar-refractivity contribution is -0.0582. The molecule has 2 aliphatic carbocycles. The van der Waals surface area contributed by atoms with Crippen molar-refractivity contribution in [1.29, 1.82) is 0 Å². The van der Waals surface area contributed by atoms with Crippen LogP contribution in [0.2, 0.25) is 18.1 Å². The molecule has 0 heterocycles.